The second kappa shape index (κ2) is 7.34. The summed E-state index contributed by atoms with van der Waals surface area (Å²) in [5.74, 6) is 4.52. The van der Waals surface area contributed by atoms with Gasteiger partial charge in [-0.1, -0.05) is 17.2 Å². The van der Waals surface area contributed by atoms with Crippen LogP contribution in [0.5, 0.6) is 0 Å². The van der Waals surface area contributed by atoms with Gasteiger partial charge in [0, 0.05) is 17.0 Å². The van der Waals surface area contributed by atoms with Crippen LogP contribution in [0.2, 0.25) is 0 Å². The molecule has 1 aromatic rings. The van der Waals surface area contributed by atoms with E-state index in [2.05, 4.69) is 10.0 Å². The Bertz CT molecular complexity index is 487. The van der Waals surface area contributed by atoms with Crippen LogP contribution in [0.1, 0.15) is 28.4 Å². The van der Waals surface area contributed by atoms with Gasteiger partial charge in [0.2, 0.25) is 0 Å². The average Bonchev–Trinajstić information content (AvgIpc) is 2.45. The van der Waals surface area contributed by atoms with Gasteiger partial charge in [0.15, 0.2) is 0 Å². The summed E-state index contributed by atoms with van der Waals surface area (Å²) in [7, 11) is 0. The molecule has 5 N–H and O–H groups in total. The van der Waals surface area contributed by atoms with Crippen LogP contribution < -0.4 is 11.3 Å². The van der Waals surface area contributed by atoms with Crippen LogP contribution in [0, 0.1) is 0 Å². The molecular formula is C11H15N5O3. The van der Waals surface area contributed by atoms with Crippen LogP contribution in [-0.2, 0) is 0 Å². The number of nitrogens with two attached hydrogens (primary N) is 1. The minimum absolute atomic E-state index is 0.0811. The SMILES string of the molecule is [N-]=[N+]=NCCC(O)C(O)c1cccc(C(=O)NN)c1. The van der Waals surface area contributed by atoms with Gasteiger partial charge in [-0.15, -0.1) is 0 Å². The van der Waals surface area contributed by atoms with E-state index in [-0.39, 0.29) is 18.5 Å². The van der Waals surface area contributed by atoms with Crippen molar-refractivity contribution in [1.29, 1.82) is 0 Å². The third-order valence-corrected chi connectivity index (χ3v) is 2.57. The maximum atomic E-state index is 11.3. The zero-order chi connectivity index (χ0) is 14.3. The van der Waals surface area contributed by atoms with E-state index in [4.69, 9.17) is 11.4 Å². The Labute approximate surface area is 109 Å². The first-order chi connectivity index (χ1) is 9.10. The molecular weight excluding hydrogens is 250 g/mol. The summed E-state index contributed by atoms with van der Waals surface area (Å²) in [4.78, 5) is 13.9. The number of aliphatic hydroxyl groups excluding tert-OH is 2. The summed E-state index contributed by atoms with van der Waals surface area (Å²) in [5.41, 5.74) is 10.8. The number of hydrazine groups is 1. The lowest BCUT2D eigenvalue weighted by Crippen LogP contribution is -2.30. The maximum absolute atomic E-state index is 11.3. The number of nitrogens with one attached hydrogen (secondary N) is 1. The fraction of sp³-hybridized carbons (Fsp3) is 0.364. The molecule has 1 aromatic carbocycles. The van der Waals surface area contributed by atoms with Crippen LogP contribution in [0.4, 0.5) is 0 Å². The molecule has 0 saturated heterocycles. The van der Waals surface area contributed by atoms with Gasteiger partial charge in [0.25, 0.3) is 5.91 Å². The fourth-order valence-electron chi connectivity index (χ4n) is 1.56. The molecule has 0 aliphatic rings. The Morgan fingerprint density at radius 3 is 2.89 bits per heavy atom. The van der Waals surface area contributed by atoms with Gasteiger partial charge < -0.3 is 10.2 Å². The summed E-state index contributed by atoms with van der Waals surface area (Å²) < 4.78 is 0. The number of hydrogen-bond donors (Lipinski definition) is 4. The van der Waals surface area contributed by atoms with Crippen molar-refractivity contribution in [3.05, 3.63) is 45.8 Å². The lowest BCUT2D eigenvalue weighted by Gasteiger charge is -2.17. The number of carbonyl (C=O) groups excluding carboxylic acids is 1. The topological polar surface area (TPSA) is 144 Å². The first kappa shape index (κ1) is 14.9. The Kier molecular flexibility index (Phi) is 5.77. The molecule has 1 rings (SSSR count). The van der Waals surface area contributed by atoms with Crippen molar-refractivity contribution < 1.29 is 15.0 Å². The zero-order valence-electron chi connectivity index (χ0n) is 10.1. The highest BCUT2D eigenvalue weighted by Crippen LogP contribution is 2.20. The van der Waals surface area contributed by atoms with Gasteiger partial charge in [0.1, 0.15) is 6.10 Å². The van der Waals surface area contributed by atoms with Crippen molar-refractivity contribution in [3.63, 3.8) is 0 Å². The summed E-state index contributed by atoms with van der Waals surface area (Å²) >= 11 is 0. The van der Waals surface area contributed by atoms with Crippen molar-refractivity contribution in [2.24, 2.45) is 11.0 Å². The van der Waals surface area contributed by atoms with Crippen molar-refractivity contribution in [2.45, 2.75) is 18.6 Å². The van der Waals surface area contributed by atoms with Crippen LogP contribution in [0.3, 0.4) is 0 Å². The highest BCUT2D eigenvalue weighted by Gasteiger charge is 2.18. The molecule has 0 saturated carbocycles. The van der Waals surface area contributed by atoms with Crippen molar-refractivity contribution in [2.75, 3.05) is 6.54 Å². The van der Waals surface area contributed by atoms with Gasteiger partial charge in [-0.25, -0.2) is 5.84 Å². The average molecular weight is 265 g/mol. The summed E-state index contributed by atoms with van der Waals surface area (Å²) in [5, 5.41) is 22.9. The Morgan fingerprint density at radius 2 is 2.26 bits per heavy atom. The van der Waals surface area contributed by atoms with E-state index in [0.29, 0.717) is 5.56 Å². The summed E-state index contributed by atoms with van der Waals surface area (Å²) in [6, 6.07) is 6.12. The molecule has 0 aromatic heterocycles. The number of hydrogen-bond acceptors (Lipinski definition) is 5. The molecule has 2 unspecified atom stereocenters. The quantitative estimate of drug-likeness (QED) is 0.147. The molecule has 19 heavy (non-hydrogen) atoms. The number of aliphatic hydroxyl groups is 2. The van der Waals surface area contributed by atoms with Crippen LogP contribution >= 0.6 is 0 Å². The molecule has 0 fully saturated rings. The molecule has 0 spiro atoms. The number of benzene rings is 1. The Hall–Kier alpha value is -2.12. The molecule has 0 radical (unpaired) electrons. The van der Waals surface area contributed by atoms with Crippen LogP contribution in [0.15, 0.2) is 29.4 Å². The van der Waals surface area contributed by atoms with E-state index in [0.717, 1.165) is 0 Å². The van der Waals surface area contributed by atoms with Gasteiger partial charge in [-0.3, -0.25) is 10.2 Å². The monoisotopic (exact) mass is 265 g/mol. The highest BCUT2D eigenvalue weighted by atomic mass is 16.3. The molecule has 0 bridgehead atoms. The van der Waals surface area contributed by atoms with Gasteiger partial charge in [0.05, 0.1) is 6.10 Å². The Balaban J connectivity index is 2.78. The largest absolute Gasteiger partial charge is 0.390 e. The number of carbonyl (C=O) groups is 1. The van der Waals surface area contributed by atoms with Gasteiger partial charge >= 0.3 is 0 Å². The van der Waals surface area contributed by atoms with E-state index in [1.807, 2.05) is 5.43 Å². The van der Waals surface area contributed by atoms with Crippen molar-refractivity contribution in [1.82, 2.24) is 5.43 Å². The normalized spacial score (nSPS) is 13.2. The second-order valence-electron chi connectivity index (χ2n) is 3.85. The molecule has 2 atom stereocenters. The minimum atomic E-state index is -1.17. The van der Waals surface area contributed by atoms with E-state index in [1.165, 1.54) is 12.1 Å². The highest BCUT2D eigenvalue weighted by molar-refractivity contribution is 5.93. The summed E-state index contributed by atoms with van der Waals surface area (Å²) in [6.45, 7) is 0.0811. The summed E-state index contributed by atoms with van der Waals surface area (Å²) in [6.07, 6.45) is -2.13. The van der Waals surface area contributed by atoms with Gasteiger partial charge in [-0.05, 0) is 29.6 Å². The third kappa shape index (κ3) is 4.23. The second-order valence-corrected chi connectivity index (χ2v) is 3.85. The van der Waals surface area contributed by atoms with Gasteiger partial charge in [-0.2, -0.15) is 0 Å². The first-order valence-corrected chi connectivity index (χ1v) is 5.58. The lowest BCUT2D eigenvalue weighted by molar-refractivity contribution is 0.0150. The smallest absolute Gasteiger partial charge is 0.265 e. The number of azide groups is 1. The Morgan fingerprint density at radius 1 is 1.53 bits per heavy atom. The molecule has 102 valence electrons. The number of rotatable bonds is 6. The van der Waals surface area contributed by atoms with Crippen LogP contribution in [-0.4, -0.2) is 28.8 Å². The minimum Gasteiger partial charge on any atom is -0.390 e. The van der Waals surface area contributed by atoms with E-state index in [1.54, 1.807) is 12.1 Å². The lowest BCUT2D eigenvalue weighted by atomic mass is 10.00. The van der Waals surface area contributed by atoms with E-state index in [9.17, 15) is 15.0 Å². The first-order valence-electron chi connectivity index (χ1n) is 5.58. The third-order valence-electron chi connectivity index (χ3n) is 2.57. The predicted molar refractivity (Wildman–Crippen MR) is 67.7 cm³/mol. The zero-order valence-corrected chi connectivity index (χ0v) is 10.1. The molecule has 0 aliphatic heterocycles. The molecule has 8 nitrogen and oxygen atoms in total. The molecule has 1 amide bonds. The molecule has 0 aliphatic carbocycles. The van der Waals surface area contributed by atoms with E-state index >= 15 is 0 Å². The van der Waals surface area contributed by atoms with Crippen molar-refractivity contribution in [3.8, 4) is 0 Å². The number of nitrogen functional groups attached to an aromatic ring is 1. The number of amides is 1. The molecule has 0 heterocycles. The number of nitrogens with zero attached hydrogens (tertiary/aromatic N) is 3. The van der Waals surface area contributed by atoms with E-state index < -0.39 is 18.1 Å². The standard InChI is InChI=1S/C11H15N5O3/c12-15-11(19)8-3-1-2-7(6-8)10(18)9(17)4-5-14-16-13/h1-3,6,9-10,17-18H,4-5,12H2,(H,15,19). The van der Waals surface area contributed by atoms with Crippen LogP contribution in [0.25, 0.3) is 10.4 Å². The van der Waals surface area contributed by atoms with Crippen molar-refractivity contribution >= 4 is 5.91 Å². The molecule has 8 heteroatoms. The maximum Gasteiger partial charge on any atom is 0.265 e. The fourth-order valence-corrected chi connectivity index (χ4v) is 1.56. The predicted octanol–water partition coefficient (Wildman–Crippen LogP) is 0.385.